The van der Waals surface area contributed by atoms with E-state index in [0.29, 0.717) is 16.2 Å². The number of alkyl halides is 2. The largest absolute Gasteiger partial charge is 0.487 e. The minimum absolute atomic E-state index is 0.0242. The van der Waals surface area contributed by atoms with Gasteiger partial charge in [0, 0.05) is 23.2 Å². The lowest BCUT2D eigenvalue weighted by molar-refractivity contribution is -0.184. The third-order valence-corrected chi connectivity index (χ3v) is 5.75. The standard InChI is InChI=1S/C23H19ClF4N4O2/c1-22(33,14-2-4-15(24)5-3-14)23(27,28)9-11-34-20-17(25)7-6-16(19(20)26)13-8-10-32-18(12-13)30-21(29)31-32/h2-8,10,12,33H,9,11H2,1H3,(H2,29,31). The summed E-state index contributed by atoms with van der Waals surface area (Å²) in [5, 5.41) is 14.7. The molecule has 1 unspecified atom stereocenters. The summed E-state index contributed by atoms with van der Waals surface area (Å²) in [5.74, 6) is -6.58. The van der Waals surface area contributed by atoms with Gasteiger partial charge in [-0.2, -0.15) is 4.98 Å². The van der Waals surface area contributed by atoms with E-state index in [-0.39, 0.29) is 17.1 Å². The van der Waals surface area contributed by atoms with E-state index in [4.69, 9.17) is 22.1 Å². The number of nitrogens with zero attached hydrogens (tertiary/aromatic N) is 3. The van der Waals surface area contributed by atoms with Crippen molar-refractivity contribution in [2.24, 2.45) is 0 Å². The highest BCUT2D eigenvalue weighted by Gasteiger charge is 2.50. The highest BCUT2D eigenvalue weighted by atomic mass is 35.5. The number of nitrogen functional groups attached to an aromatic ring is 1. The number of hydrogen-bond acceptors (Lipinski definition) is 5. The molecule has 178 valence electrons. The summed E-state index contributed by atoms with van der Waals surface area (Å²) in [7, 11) is 0. The van der Waals surface area contributed by atoms with Crippen LogP contribution in [0.4, 0.5) is 23.5 Å². The quantitative estimate of drug-likeness (QED) is 0.344. The molecule has 0 bridgehead atoms. The Morgan fingerprint density at radius 2 is 1.82 bits per heavy atom. The van der Waals surface area contributed by atoms with E-state index in [1.54, 1.807) is 0 Å². The van der Waals surface area contributed by atoms with Gasteiger partial charge in [-0.1, -0.05) is 23.7 Å². The fraction of sp³-hybridized carbons (Fsp3) is 0.217. The lowest BCUT2D eigenvalue weighted by Crippen LogP contribution is -2.43. The zero-order chi connectivity index (χ0) is 24.7. The van der Waals surface area contributed by atoms with Crippen LogP contribution >= 0.6 is 11.6 Å². The van der Waals surface area contributed by atoms with Gasteiger partial charge < -0.3 is 15.6 Å². The Morgan fingerprint density at radius 1 is 1.12 bits per heavy atom. The van der Waals surface area contributed by atoms with Gasteiger partial charge in [-0.3, -0.25) is 0 Å². The van der Waals surface area contributed by atoms with Crippen LogP contribution in [0.2, 0.25) is 5.02 Å². The number of pyridine rings is 1. The van der Waals surface area contributed by atoms with Gasteiger partial charge in [-0.25, -0.2) is 22.1 Å². The summed E-state index contributed by atoms with van der Waals surface area (Å²) in [5.41, 5.74) is 3.56. The molecule has 0 aliphatic rings. The zero-order valence-electron chi connectivity index (χ0n) is 17.8. The summed E-state index contributed by atoms with van der Waals surface area (Å²) >= 11 is 5.77. The van der Waals surface area contributed by atoms with Crippen LogP contribution < -0.4 is 10.5 Å². The first-order valence-electron chi connectivity index (χ1n) is 10.1. The molecule has 2 aromatic carbocycles. The highest BCUT2D eigenvalue weighted by Crippen LogP contribution is 2.40. The number of nitrogens with two attached hydrogens (primary N) is 1. The maximum atomic E-state index is 15.1. The van der Waals surface area contributed by atoms with Crippen molar-refractivity contribution in [2.45, 2.75) is 24.9 Å². The Labute approximate surface area is 196 Å². The van der Waals surface area contributed by atoms with Crippen LogP contribution in [0.5, 0.6) is 5.75 Å². The molecule has 0 aliphatic carbocycles. The number of hydrogen-bond donors (Lipinski definition) is 2. The van der Waals surface area contributed by atoms with Crippen LogP contribution in [-0.2, 0) is 5.60 Å². The molecule has 1 atom stereocenters. The molecule has 3 N–H and O–H groups in total. The van der Waals surface area contributed by atoms with Crippen molar-refractivity contribution >= 4 is 23.2 Å². The number of aliphatic hydroxyl groups is 1. The first-order chi connectivity index (χ1) is 16.0. The van der Waals surface area contributed by atoms with Crippen molar-refractivity contribution in [1.82, 2.24) is 14.6 Å². The predicted octanol–water partition coefficient (Wildman–Crippen LogP) is 5.22. The first-order valence-corrected chi connectivity index (χ1v) is 10.5. The molecule has 6 nitrogen and oxygen atoms in total. The minimum atomic E-state index is -3.68. The zero-order valence-corrected chi connectivity index (χ0v) is 18.5. The normalized spacial score (nSPS) is 13.7. The van der Waals surface area contributed by atoms with Gasteiger partial charge in [0.25, 0.3) is 5.92 Å². The molecule has 0 saturated carbocycles. The number of aromatic nitrogens is 3. The van der Waals surface area contributed by atoms with Crippen LogP contribution in [0.15, 0.2) is 54.7 Å². The van der Waals surface area contributed by atoms with Gasteiger partial charge in [-0.15, -0.1) is 5.10 Å². The number of fused-ring (bicyclic) bond motifs is 1. The van der Waals surface area contributed by atoms with E-state index in [1.165, 1.54) is 53.2 Å². The maximum absolute atomic E-state index is 15.1. The Kier molecular flexibility index (Phi) is 6.13. The molecule has 0 amide bonds. The summed E-state index contributed by atoms with van der Waals surface area (Å²) < 4.78 is 65.5. The third kappa shape index (κ3) is 4.38. The molecule has 0 spiro atoms. The minimum Gasteiger partial charge on any atom is -0.487 e. The van der Waals surface area contributed by atoms with Gasteiger partial charge in [-0.05, 0) is 54.4 Å². The van der Waals surface area contributed by atoms with E-state index in [9.17, 15) is 18.3 Å². The van der Waals surface area contributed by atoms with E-state index < -0.39 is 41.9 Å². The van der Waals surface area contributed by atoms with Crippen molar-refractivity contribution in [1.29, 1.82) is 0 Å². The third-order valence-electron chi connectivity index (χ3n) is 5.49. The van der Waals surface area contributed by atoms with Gasteiger partial charge in [0.15, 0.2) is 28.6 Å². The Morgan fingerprint density at radius 3 is 2.53 bits per heavy atom. The van der Waals surface area contributed by atoms with Crippen LogP contribution in [-0.4, -0.2) is 32.2 Å². The fourth-order valence-electron chi connectivity index (χ4n) is 3.46. The van der Waals surface area contributed by atoms with E-state index >= 15 is 4.39 Å². The second-order valence-electron chi connectivity index (χ2n) is 7.81. The molecule has 34 heavy (non-hydrogen) atoms. The fourth-order valence-corrected chi connectivity index (χ4v) is 3.59. The van der Waals surface area contributed by atoms with Crippen molar-refractivity contribution in [3.63, 3.8) is 0 Å². The first kappa shape index (κ1) is 23.8. The molecule has 4 rings (SSSR count). The molecular weight excluding hydrogens is 476 g/mol. The summed E-state index contributed by atoms with van der Waals surface area (Å²) in [6.45, 7) is 0.194. The molecule has 2 aromatic heterocycles. The summed E-state index contributed by atoms with van der Waals surface area (Å²) in [6, 6.07) is 10.5. The molecule has 0 radical (unpaired) electrons. The number of benzene rings is 2. The second kappa shape index (κ2) is 8.77. The number of rotatable bonds is 7. The average molecular weight is 495 g/mol. The van der Waals surface area contributed by atoms with Crippen molar-refractivity contribution in [2.75, 3.05) is 12.3 Å². The van der Waals surface area contributed by atoms with Crippen molar-refractivity contribution in [3.05, 3.63) is 76.9 Å². The Balaban J connectivity index is 1.54. The summed E-state index contributed by atoms with van der Waals surface area (Å²) in [4.78, 5) is 3.99. The van der Waals surface area contributed by atoms with Crippen LogP contribution in [0, 0.1) is 11.6 Å². The second-order valence-corrected chi connectivity index (χ2v) is 8.24. The average Bonchev–Trinajstić information content (AvgIpc) is 3.15. The van der Waals surface area contributed by atoms with Crippen molar-refractivity contribution in [3.8, 4) is 16.9 Å². The smallest absolute Gasteiger partial charge is 0.283 e. The monoisotopic (exact) mass is 494 g/mol. The molecule has 0 aliphatic heterocycles. The highest BCUT2D eigenvalue weighted by molar-refractivity contribution is 6.30. The topological polar surface area (TPSA) is 85.7 Å². The van der Waals surface area contributed by atoms with Gasteiger partial charge in [0.2, 0.25) is 5.95 Å². The number of halogens is 5. The molecule has 0 fully saturated rings. The van der Waals surface area contributed by atoms with Crippen LogP contribution in [0.1, 0.15) is 18.9 Å². The van der Waals surface area contributed by atoms with Gasteiger partial charge in [0.05, 0.1) is 6.61 Å². The Bertz CT molecular complexity index is 1340. The van der Waals surface area contributed by atoms with E-state index in [1.807, 2.05) is 0 Å². The summed E-state index contributed by atoms with van der Waals surface area (Å²) in [6.07, 6.45) is 0.494. The van der Waals surface area contributed by atoms with Crippen molar-refractivity contribution < 1.29 is 27.4 Å². The van der Waals surface area contributed by atoms with Gasteiger partial charge in [0.1, 0.15) is 0 Å². The van der Waals surface area contributed by atoms with Gasteiger partial charge >= 0.3 is 0 Å². The number of anilines is 1. The number of ether oxygens (including phenoxy) is 1. The molecule has 2 heterocycles. The van der Waals surface area contributed by atoms with Crippen LogP contribution in [0.3, 0.4) is 0 Å². The molecular formula is C23H19ClF4N4O2. The van der Waals surface area contributed by atoms with E-state index in [0.717, 1.165) is 13.0 Å². The van der Waals surface area contributed by atoms with Crippen LogP contribution in [0.25, 0.3) is 16.8 Å². The molecule has 11 heteroatoms. The lowest BCUT2D eigenvalue weighted by atomic mass is 9.87. The molecule has 0 saturated heterocycles. The van der Waals surface area contributed by atoms with E-state index in [2.05, 4.69) is 10.1 Å². The molecule has 4 aromatic rings. The Hall–Kier alpha value is -3.37. The lowest BCUT2D eigenvalue weighted by Gasteiger charge is -2.33. The predicted molar refractivity (Wildman–Crippen MR) is 119 cm³/mol. The SMILES string of the molecule is CC(O)(c1ccc(Cl)cc1)C(F)(F)CCOc1c(F)ccc(-c2ccn3nc(N)nc3c2)c1F. The maximum Gasteiger partial charge on any atom is 0.283 e.